The molecule has 0 saturated carbocycles. The first kappa shape index (κ1) is 12.8. The Hall–Kier alpha value is -0.650. The zero-order chi connectivity index (χ0) is 12.4. The molecule has 0 aliphatic carbocycles. The number of amides is 1. The molecule has 5 heteroatoms. The van der Waals surface area contributed by atoms with Gasteiger partial charge >= 0.3 is 0 Å². The van der Waals surface area contributed by atoms with E-state index in [1.54, 1.807) is 0 Å². The van der Waals surface area contributed by atoms with Crippen molar-refractivity contribution in [3.63, 3.8) is 0 Å². The molecule has 2 aliphatic rings. The number of β-amino-alcohol motifs (C(OH)–C–C–N with tert-alkyl or cyclic N) is 2. The summed E-state index contributed by atoms with van der Waals surface area (Å²) in [5.74, 6) is 0.709. The maximum Gasteiger partial charge on any atom is 0.236 e. The highest BCUT2D eigenvalue weighted by molar-refractivity contribution is 5.78. The first-order chi connectivity index (χ1) is 8.06. The van der Waals surface area contributed by atoms with E-state index in [4.69, 9.17) is 0 Å². The normalized spacial score (nSPS) is 35.2. The zero-order valence-corrected chi connectivity index (χ0v) is 10.4. The molecule has 0 spiro atoms. The van der Waals surface area contributed by atoms with E-state index in [1.165, 1.54) is 6.42 Å². The number of likely N-dealkylation sites (tertiary alicyclic amines) is 2. The molecule has 2 aliphatic heterocycles. The highest BCUT2D eigenvalue weighted by Crippen LogP contribution is 2.16. The number of hydrogen-bond donors (Lipinski definition) is 2. The monoisotopic (exact) mass is 242 g/mol. The molecular weight excluding hydrogens is 220 g/mol. The quantitative estimate of drug-likeness (QED) is 0.671. The van der Waals surface area contributed by atoms with Gasteiger partial charge in [-0.25, -0.2) is 0 Å². The van der Waals surface area contributed by atoms with E-state index in [1.807, 2.05) is 9.80 Å². The minimum absolute atomic E-state index is 0.123. The molecule has 5 nitrogen and oxygen atoms in total. The molecule has 17 heavy (non-hydrogen) atoms. The minimum Gasteiger partial charge on any atom is -0.389 e. The lowest BCUT2D eigenvalue weighted by molar-refractivity contribution is -0.133. The summed E-state index contributed by atoms with van der Waals surface area (Å²) >= 11 is 0. The van der Waals surface area contributed by atoms with Crippen molar-refractivity contribution in [1.29, 1.82) is 0 Å². The van der Waals surface area contributed by atoms with Crippen LogP contribution in [-0.4, -0.2) is 70.9 Å². The standard InChI is InChI=1S/C12H22N2O3/c1-9-3-2-4-14(5-9)12(17)8-13-6-10(15)11(16)7-13/h9-11,15-16H,2-8H2,1H3. The topological polar surface area (TPSA) is 64.0 Å². The molecule has 2 N–H and O–H groups in total. The number of carbonyl (C=O) groups is 1. The van der Waals surface area contributed by atoms with Crippen molar-refractivity contribution in [3.05, 3.63) is 0 Å². The second-order valence-electron chi connectivity index (χ2n) is 5.42. The maximum atomic E-state index is 12.0. The molecule has 3 atom stereocenters. The molecule has 0 aromatic rings. The Morgan fingerprint density at radius 1 is 1.24 bits per heavy atom. The number of hydrogen-bond acceptors (Lipinski definition) is 4. The Labute approximate surface area is 102 Å². The Kier molecular flexibility index (Phi) is 4.01. The SMILES string of the molecule is CC1CCCN(C(=O)CN2CC(O)C(O)C2)C1. The molecular formula is C12H22N2O3. The second-order valence-corrected chi connectivity index (χ2v) is 5.42. The molecule has 2 fully saturated rings. The van der Waals surface area contributed by atoms with Crippen LogP contribution in [-0.2, 0) is 4.79 Å². The van der Waals surface area contributed by atoms with Crippen molar-refractivity contribution in [2.75, 3.05) is 32.7 Å². The number of carbonyl (C=O) groups excluding carboxylic acids is 1. The lowest BCUT2D eigenvalue weighted by Crippen LogP contribution is -2.44. The first-order valence-electron chi connectivity index (χ1n) is 6.42. The Balaban J connectivity index is 1.81. The van der Waals surface area contributed by atoms with E-state index in [2.05, 4.69) is 6.92 Å². The highest BCUT2D eigenvalue weighted by atomic mass is 16.3. The van der Waals surface area contributed by atoms with Crippen LogP contribution in [0.2, 0.25) is 0 Å². The van der Waals surface area contributed by atoms with Crippen LogP contribution in [0.25, 0.3) is 0 Å². The van der Waals surface area contributed by atoms with Gasteiger partial charge in [-0.05, 0) is 18.8 Å². The van der Waals surface area contributed by atoms with Crippen molar-refractivity contribution in [2.24, 2.45) is 5.92 Å². The average molecular weight is 242 g/mol. The van der Waals surface area contributed by atoms with Crippen molar-refractivity contribution in [2.45, 2.75) is 32.0 Å². The minimum atomic E-state index is -0.705. The summed E-state index contributed by atoms with van der Waals surface area (Å²) < 4.78 is 0. The summed E-state index contributed by atoms with van der Waals surface area (Å²) in [6.45, 7) is 4.98. The lowest BCUT2D eigenvalue weighted by Gasteiger charge is -2.32. The van der Waals surface area contributed by atoms with Crippen molar-refractivity contribution >= 4 is 5.91 Å². The van der Waals surface area contributed by atoms with Crippen LogP contribution in [0.5, 0.6) is 0 Å². The fourth-order valence-corrected chi connectivity index (χ4v) is 2.68. The summed E-state index contributed by atoms with van der Waals surface area (Å²) in [6, 6.07) is 0. The Bertz CT molecular complexity index is 275. The number of nitrogens with zero attached hydrogens (tertiary/aromatic N) is 2. The van der Waals surface area contributed by atoms with Crippen LogP contribution < -0.4 is 0 Å². The highest BCUT2D eigenvalue weighted by Gasteiger charge is 2.32. The number of rotatable bonds is 2. The third-order valence-corrected chi connectivity index (χ3v) is 3.70. The fraction of sp³-hybridized carbons (Fsp3) is 0.917. The summed E-state index contributed by atoms with van der Waals surface area (Å²) in [6.07, 6.45) is 0.870. The molecule has 2 heterocycles. The van der Waals surface area contributed by atoms with Crippen LogP contribution in [0.15, 0.2) is 0 Å². The molecule has 0 aromatic carbocycles. The third-order valence-electron chi connectivity index (χ3n) is 3.70. The number of piperidine rings is 1. The summed E-state index contributed by atoms with van der Waals surface area (Å²) in [7, 11) is 0. The van der Waals surface area contributed by atoms with Gasteiger partial charge in [0.2, 0.25) is 5.91 Å². The third kappa shape index (κ3) is 3.18. The van der Waals surface area contributed by atoms with Gasteiger partial charge in [-0.1, -0.05) is 6.92 Å². The van der Waals surface area contributed by atoms with Gasteiger partial charge in [-0.3, -0.25) is 9.69 Å². The van der Waals surface area contributed by atoms with E-state index in [0.29, 0.717) is 25.6 Å². The van der Waals surface area contributed by atoms with E-state index in [9.17, 15) is 15.0 Å². The van der Waals surface area contributed by atoms with E-state index in [0.717, 1.165) is 19.5 Å². The molecule has 0 bridgehead atoms. The van der Waals surface area contributed by atoms with E-state index < -0.39 is 12.2 Å². The van der Waals surface area contributed by atoms with E-state index >= 15 is 0 Å². The molecule has 2 rings (SSSR count). The van der Waals surface area contributed by atoms with Gasteiger partial charge in [0.15, 0.2) is 0 Å². The zero-order valence-electron chi connectivity index (χ0n) is 10.4. The van der Waals surface area contributed by atoms with Crippen LogP contribution in [0.4, 0.5) is 0 Å². The molecule has 0 aromatic heterocycles. The van der Waals surface area contributed by atoms with Gasteiger partial charge in [-0.2, -0.15) is 0 Å². The molecule has 0 radical (unpaired) electrons. The first-order valence-corrected chi connectivity index (χ1v) is 6.42. The second kappa shape index (κ2) is 5.33. The van der Waals surface area contributed by atoms with Crippen LogP contribution in [0.1, 0.15) is 19.8 Å². The predicted octanol–water partition coefficient (Wildman–Crippen LogP) is -0.718. The summed E-state index contributed by atoms with van der Waals surface area (Å²) in [5, 5.41) is 18.8. The van der Waals surface area contributed by atoms with Gasteiger partial charge < -0.3 is 15.1 Å². The van der Waals surface area contributed by atoms with Crippen molar-refractivity contribution < 1.29 is 15.0 Å². The van der Waals surface area contributed by atoms with Gasteiger partial charge in [0.25, 0.3) is 0 Å². The van der Waals surface area contributed by atoms with Gasteiger partial charge in [-0.15, -0.1) is 0 Å². The number of aliphatic hydroxyl groups excluding tert-OH is 2. The molecule has 3 unspecified atom stereocenters. The van der Waals surface area contributed by atoms with Gasteiger partial charge in [0, 0.05) is 26.2 Å². The largest absolute Gasteiger partial charge is 0.389 e. The Morgan fingerprint density at radius 2 is 1.88 bits per heavy atom. The van der Waals surface area contributed by atoms with Crippen molar-refractivity contribution in [1.82, 2.24) is 9.80 Å². The van der Waals surface area contributed by atoms with Crippen LogP contribution in [0.3, 0.4) is 0 Å². The van der Waals surface area contributed by atoms with Crippen LogP contribution in [0, 0.1) is 5.92 Å². The van der Waals surface area contributed by atoms with Crippen LogP contribution >= 0.6 is 0 Å². The van der Waals surface area contributed by atoms with Gasteiger partial charge in [0.05, 0.1) is 18.8 Å². The van der Waals surface area contributed by atoms with E-state index in [-0.39, 0.29) is 5.91 Å². The van der Waals surface area contributed by atoms with Crippen molar-refractivity contribution in [3.8, 4) is 0 Å². The van der Waals surface area contributed by atoms with Gasteiger partial charge in [0.1, 0.15) is 0 Å². The number of aliphatic hydroxyl groups is 2. The molecule has 1 amide bonds. The fourth-order valence-electron chi connectivity index (χ4n) is 2.68. The summed E-state index contributed by atoms with van der Waals surface area (Å²) in [5.41, 5.74) is 0. The molecule has 98 valence electrons. The Morgan fingerprint density at radius 3 is 2.47 bits per heavy atom. The lowest BCUT2D eigenvalue weighted by atomic mass is 10.0. The summed E-state index contributed by atoms with van der Waals surface area (Å²) in [4.78, 5) is 15.8. The smallest absolute Gasteiger partial charge is 0.236 e. The average Bonchev–Trinajstić information content (AvgIpc) is 2.58. The predicted molar refractivity (Wildman–Crippen MR) is 63.4 cm³/mol. The molecule has 2 saturated heterocycles. The maximum absolute atomic E-state index is 12.0.